The number of hydrogen-bond donors (Lipinski definition) is 2. The maximum absolute atomic E-state index is 6.04. The van der Waals surface area contributed by atoms with E-state index in [4.69, 9.17) is 21.1 Å². The maximum Gasteiger partial charge on any atom is 0.226 e. The van der Waals surface area contributed by atoms with E-state index in [-0.39, 0.29) is 0 Å². The molecule has 1 aliphatic rings. The number of fused-ring (bicyclic) bond motifs is 6. The van der Waals surface area contributed by atoms with Crippen LogP contribution in [-0.2, 0) is 4.74 Å². The van der Waals surface area contributed by atoms with E-state index < -0.39 is 0 Å². The summed E-state index contributed by atoms with van der Waals surface area (Å²) in [5, 5.41) is 4.38. The van der Waals surface area contributed by atoms with E-state index in [9.17, 15) is 0 Å². The summed E-state index contributed by atoms with van der Waals surface area (Å²) in [5.41, 5.74) is 3.61. The van der Waals surface area contributed by atoms with Gasteiger partial charge in [-0.25, -0.2) is 19.9 Å². The van der Waals surface area contributed by atoms with Gasteiger partial charge in [0, 0.05) is 50.4 Å². The Morgan fingerprint density at radius 1 is 0.842 bits per heavy atom. The summed E-state index contributed by atoms with van der Waals surface area (Å²) in [5.74, 6) is 0.632. The van der Waals surface area contributed by atoms with E-state index in [0.29, 0.717) is 17.6 Å². The molecule has 0 radical (unpaired) electrons. The SMILES string of the molecule is Brc1ccc2[nH]c3ncnc(OCCN4CCOCC4)c3c2c1.Clc1ncnc2[nH]c3ccc(Br)cc3c12. The molecule has 2 aromatic carbocycles. The molecule has 1 fully saturated rings. The first-order valence-electron chi connectivity index (χ1n) is 12.0. The van der Waals surface area contributed by atoms with Crippen molar-refractivity contribution >= 4 is 87.3 Å². The summed E-state index contributed by atoms with van der Waals surface area (Å²) in [6.45, 7) is 5.00. The molecular weight excluding hydrogens is 638 g/mol. The molecule has 12 heteroatoms. The zero-order valence-electron chi connectivity index (χ0n) is 20.0. The number of aromatic amines is 2. The fourth-order valence-corrected chi connectivity index (χ4v) is 5.49. The smallest absolute Gasteiger partial charge is 0.226 e. The highest BCUT2D eigenvalue weighted by Gasteiger charge is 2.14. The Hall–Kier alpha value is -2.83. The highest BCUT2D eigenvalue weighted by Crippen LogP contribution is 2.32. The van der Waals surface area contributed by atoms with Crippen molar-refractivity contribution in [2.24, 2.45) is 0 Å². The van der Waals surface area contributed by atoms with E-state index >= 15 is 0 Å². The van der Waals surface area contributed by atoms with Crippen LogP contribution in [0.5, 0.6) is 5.88 Å². The van der Waals surface area contributed by atoms with Crippen LogP contribution in [0.2, 0.25) is 5.15 Å². The van der Waals surface area contributed by atoms with Crippen LogP contribution < -0.4 is 4.74 Å². The topological polar surface area (TPSA) is 105 Å². The van der Waals surface area contributed by atoms with Gasteiger partial charge in [-0.15, -0.1) is 0 Å². The largest absolute Gasteiger partial charge is 0.476 e. The van der Waals surface area contributed by atoms with Gasteiger partial charge in [-0.05, 0) is 36.4 Å². The van der Waals surface area contributed by atoms with Crippen LogP contribution in [0.3, 0.4) is 0 Å². The predicted octanol–water partition coefficient (Wildman–Crippen LogP) is 6.11. The Labute approximate surface area is 239 Å². The van der Waals surface area contributed by atoms with Gasteiger partial charge in [0.1, 0.15) is 35.7 Å². The standard InChI is InChI=1S/C16H17BrN4O2.C10H5BrClN3/c17-11-1-2-13-12(9-11)14-15(20-13)18-10-19-16(14)23-8-5-21-3-6-22-7-4-21;11-5-1-2-7-6(3-5)8-9(12)13-4-14-10(8)15-7/h1-2,9-10H,3-8H2,(H,18,19,20);1-4H,(H,13,14,15). The van der Waals surface area contributed by atoms with Gasteiger partial charge in [0.15, 0.2) is 0 Å². The minimum Gasteiger partial charge on any atom is -0.476 e. The molecule has 0 bridgehead atoms. The summed E-state index contributed by atoms with van der Waals surface area (Å²) in [6.07, 6.45) is 2.99. The van der Waals surface area contributed by atoms with Crippen molar-refractivity contribution in [1.29, 1.82) is 0 Å². The quantitative estimate of drug-likeness (QED) is 0.220. The minimum atomic E-state index is 0.476. The van der Waals surface area contributed by atoms with Crippen molar-refractivity contribution in [3.8, 4) is 5.88 Å². The number of morpholine rings is 1. The third kappa shape index (κ3) is 5.21. The van der Waals surface area contributed by atoms with Crippen LogP contribution in [0.4, 0.5) is 0 Å². The lowest BCUT2D eigenvalue weighted by Crippen LogP contribution is -2.38. The molecule has 0 saturated carbocycles. The zero-order chi connectivity index (χ0) is 26.1. The molecule has 1 saturated heterocycles. The number of rotatable bonds is 4. The Morgan fingerprint density at radius 2 is 1.45 bits per heavy atom. The van der Waals surface area contributed by atoms with E-state index in [1.165, 1.54) is 12.7 Å². The fourth-order valence-electron chi connectivity index (χ4n) is 4.53. The first kappa shape index (κ1) is 25.4. The third-order valence-corrected chi connectivity index (χ3v) is 7.64. The Kier molecular flexibility index (Phi) is 7.44. The van der Waals surface area contributed by atoms with Gasteiger partial charge in [-0.1, -0.05) is 43.5 Å². The van der Waals surface area contributed by atoms with Crippen molar-refractivity contribution in [3.63, 3.8) is 0 Å². The number of hydrogen-bond acceptors (Lipinski definition) is 7. The van der Waals surface area contributed by atoms with Crippen LogP contribution in [-0.4, -0.2) is 74.3 Å². The second kappa shape index (κ2) is 11.1. The van der Waals surface area contributed by atoms with Crippen LogP contribution in [0.25, 0.3) is 43.9 Å². The zero-order valence-corrected chi connectivity index (χ0v) is 24.0. The van der Waals surface area contributed by atoms with Gasteiger partial charge in [-0.2, -0.15) is 0 Å². The Morgan fingerprint density at radius 3 is 2.13 bits per heavy atom. The molecule has 1 aliphatic heterocycles. The van der Waals surface area contributed by atoms with E-state index in [2.05, 4.69) is 72.7 Å². The van der Waals surface area contributed by atoms with Gasteiger partial charge >= 0.3 is 0 Å². The average molecular weight is 660 g/mol. The molecule has 194 valence electrons. The van der Waals surface area contributed by atoms with Gasteiger partial charge in [0.25, 0.3) is 0 Å². The van der Waals surface area contributed by atoms with Gasteiger partial charge in [-0.3, -0.25) is 4.90 Å². The lowest BCUT2D eigenvalue weighted by molar-refractivity contribution is 0.0321. The summed E-state index contributed by atoms with van der Waals surface area (Å²) >= 11 is 13.0. The molecule has 38 heavy (non-hydrogen) atoms. The fraction of sp³-hybridized carbons (Fsp3) is 0.231. The lowest BCUT2D eigenvalue weighted by Gasteiger charge is -2.26. The second-order valence-corrected chi connectivity index (χ2v) is 10.9. The van der Waals surface area contributed by atoms with Gasteiger partial charge in [0.05, 0.1) is 24.0 Å². The van der Waals surface area contributed by atoms with Crippen LogP contribution in [0, 0.1) is 0 Å². The number of benzene rings is 2. The molecule has 0 amide bonds. The van der Waals surface area contributed by atoms with Crippen LogP contribution in [0.1, 0.15) is 0 Å². The molecule has 0 aliphatic carbocycles. The van der Waals surface area contributed by atoms with Crippen LogP contribution >= 0.6 is 43.5 Å². The molecule has 4 aromatic heterocycles. The molecule has 0 spiro atoms. The average Bonchev–Trinajstić information content (AvgIpc) is 3.48. The van der Waals surface area contributed by atoms with Gasteiger partial charge < -0.3 is 19.4 Å². The summed E-state index contributed by atoms with van der Waals surface area (Å²) < 4.78 is 13.4. The summed E-state index contributed by atoms with van der Waals surface area (Å²) in [6, 6.07) is 12.1. The number of nitrogens with one attached hydrogen (secondary N) is 2. The number of ether oxygens (including phenoxy) is 2. The summed E-state index contributed by atoms with van der Waals surface area (Å²) in [4.78, 5) is 25.6. The first-order valence-corrected chi connectivity index (χ1v) is 14.0. The molecule has 5 heterocycles. The number of H-pyrrole nitrogens is 2. The molecule has 0 unspecified atom stereocenters. The van der Waals surface area contributed by atoms with Crippen molar-refractivity contribution in [1.82, 2.24) is 34.8 Å². The van der Waals surface area contributed by atoms with Gasteiger partial charge in [0.2, 0.25) is 5.88 Å². The minimum absolute atomic E-state index is 0.476. The third-order valence-electron chi connectivity index (χ3n) is 6.37. The predicted molar refractivity (Wildman–Crippen MR) is 156 cm³/mol. The molecule has 7 rings (SSSR count). The van der Waals surface area contributed by atoms with Crippen molar-refractivity contribution in [2.75, 3.05) is 39.5 Å². The first-order chi connectivity index (χ1) is 18.6. The van der Waals surface area contributed by atoms with Crippen molar-refractivity contribution < 1.29 is 9.47 Å². The van der Waals surface area contributed by atoms with Crippen LogP contribution in [0.15, 0.2) is 58.0 Å². The molecule has 6 aromatic rings. The lowest BCUT2D eigenvalue weighted by atomic mass is 10.2. The van der Waals surface area contributed by atoms with Crippen molar-refractivity contribution in [2.45, 2.75) is 0 Å². The molecule has 2 N–H and O–H groups in total. The summed E-state index contributed by atoms with van der Waals surface area (Å²) in [7, 11) is 0. The second-order valence-electron chi connectivity index (χ2n) is 8.72. The number of halogens is 3. The Balaban J connectivity index is 0.000000152. The highest BCUT2D eigenvalue weighted by molar-refractivity contribution is 9.10. The highest BCUT2D eigenvalue weighted by atomic mass is 79.9. The maximum atomic E-state index is 6.04. The monoisotopic (exact) mass is 657 g/mol. The van der Waals surface area contributed by atoms with E-state index in [1.54, 1.807) is 0 Å². The molecular formula is C26H22Br2ClN7O2. The molecule has 0 atom stereocenters. The molecule has 9 nitrogen and oxygen atoms in total. The van der Waals surface area contributed by atoms with E-state index in [1.807, 2.05) is 30.3 Å². The number of aromatic nitrogens is 6. The Bertz CT molecular complexity index is 1750. The van der Waals surface area contributed by atoms with E-state index in [0.717, 1.165) is 85.7 Å². The van der Waals surface area contributed by atoms with Crippen molar-refractivity contribution in [3.05, 3.63) is 63.2 Å². The normalized spacial score (nSPS) is 14.3. The number of nitrogens with zero attached hydrogens (tertiary/aromatic N) is 5.